The molecule has 60 valence electrons. The molecule has 1 aromatic heterocycles. The van der Waals surface area contributed by atoms with Gasteiger partial charge in [-0.3, -0.25) is 4.90 Å². The van der Waals surface area contributed by atoms with Gasteiger partial charge in [-0.25, -0.2) is 0 Å². The first kappa shape index (κ1) is 7.77. The number of likely N-dealkylation sites (tertiary alicyclic amines) is 1. The SMILES string of the molecule is Brc1cc(CN2CCC2)cs1. The number of rotatable bonds is 2. The van der Waals surface area contributed by atoms with Crippen LogP contribution in [0.4, 0.5) is 0 Å². The highest BCUT2D eigenvalue weighted by molar-refractivity contribution is 9.11. The van der Waals surface area contributed by atoms with E-state index in [1.54, 1.807) is 11.3 Å². The average molecular weight is 232 g/mol. The quantitative estimate of drug-likeness (QED) is 0.757. The molecule has 1 aliphatic rings. The third-order valence-electron chi connectivity index (χ3n) is 1.98. The van der Waals surface area contributed by atoms with Gasteiger partial charge in [0.15, 0.2) is 0 Å². The lowest BCUT2D eigenvalue weighted by Crippen LogP contribution is -2.36. The van der Waals surface area contributed by atoms with E-state index in [2.05, 4.69) is 32.3 Å². The van der Waals surface area contributed by atoms with Crippen molar-refractivity contribution in [1.82, 2.24) is 4.90 Å². The summed E-state index contributed by atoms with van der Waals surface area (Å²) in [4.78, 5) is 2.47. The van der Waals surface area contributed by atoms with Crippen molar-refractivity contribution in [2.45, 2.75) is 13.0 Å². The molecule has 0 aliphatic carbocycles. The van der Waals surface area contributed by atoms with Gasteiger partial charge >= 0.3 is 0 Å². The van der Waals surface area contributed by atoms with Gasteiger partial charge in [-0.05, 0) is 52.5 Å². The van der Waals surface area contributed by atoms with Crippen molar-refractivity contribution in [1.29, 1.82) is 0 Å². The molecule has 1 fully saturated rings. The average Bonchev–Trinajstić information content (AvgIpc) is 2.27. The zero-order valence-electron chi connectivity index (χ0n) is 6.22. The molecule has 3 heteroatoms. The number of nitrogens with zero attached hydrogens (tertiary/aromatic N) is 1. The van der Waals surface area contributed by atoms with Crippen molar-refractivity contribution in [3.8, 4) is 0 Å². The van der Waals surface area contributed by atoms with Gasteiger partial charge in [0.1, 0.15) is 0 Å². The van der Waals surface area contributed by atoms with Crippen LogP contribution >= 0.6 is 27.3 Å². The number of thiophene rings is 1. The minimum Gasteiger partial charge on any atom is -0.299 e. The minimum atomic E-state index is 1.14. The van der Waals surface area contributed by atoms with E-state index in [-0.39, 0.29) is 0 Å². The van der Waals surface area contributed by atoms with Crippen LogP contribution in [0.2, 0.25) is 0 Å². The molecule has 11 heavy (non-hydrogen) atoms. The molecule has 0 bridgehead atoms. The lowest BCUT2D eigenvalue weighted by Gasteiger charge is -2.30. The maximum Gasteiger partial charge on any atom is 0.0701 e. The molecular weight excluding hydrogens is 222 g/mol. The molecule has 0 saturated carbocycles. The van der Waals surface area contributed by atoms with Crippen LogP contribution in [0.3, 0.4) is 0 Å². The predicted molar refractivity (Wildman–Crippen MR) is 51.9 cm³/mol. The van der Waals surface area contributed by atoms with E-state index in [1.165, 1.54) is 28.9 Å². The lowest BCUT2D eigenvalue weighted by molar-refractivity contribution is 0.173. The summed E-state index contributed by atoms with van der Waals surface area (Å²) in [5, 5.41) is 2.22. The highest BCUT2D eigenvalue weighted by Gasteiger charge is 2.13. The molecule has 0 unspecified atom stereocenters. The smallest absolute Gasteiger partial charge is 0.0701 e. The van der Waals surface area contributed by atoms with Crippen LogP contribution in [0.25, 0.3) is 0 Å². The molecule has 1 nitrogen and oxygen atoms in total. The van der Waals surface area contributed by atoms with E-state index in [0.717, 1.165) is 6.54 Å². The fraction of sp³-hybridized carbons (Fsp3) is 0.500. The maximum absolute atomic E-state index is 3.46. The third kappa shape index (κ3) is 1.83. The molecule has 1 aromatic rings. The maximum atomic E-state index is 3.46. The molecule has 0 aromatic carbocycles. The van der Waals surface area contributed by atoms with E-state index >= 15 is 0 Å². The molecule has 0 atom stereocenters. The summed E-state index contributed by atoms with van der Waals surface area (Å²) in [7, 11) is 0. The Kier molecular flexibility index (Phi) is 2.30. The van der Waals surface area contributed by atoms with E-state index in [9.17, 15) is 0 Å². The van der Waals surface area contributed by atoms with Gasteiger partial charge < -0.3 is 0 Å². The van der Waals surface area contributed by atoms with Crippen LogP contribution in [0.15, 0.2) is 15.2 Å². The molecule has 0 amide bonds. The van der Waals surface area contributed by atoms with Crippen molar-refractivity contribution in [2.75, 3.05) is 13.1 Å². The molecule has 0 N–H and O–H groups in total. The Labute approximate surface area is 79.2 Å². The molecule has 2 heterocycles. The first-order chi connectivity index (χ1) is 5.34. The molecule has 0 radical (unpaired) electrons. The molecule has 2 rings (SSSR count). The van der Waals surface area contributed by atoms with Gasteiger partial charge in [0.25, 0.3) is 0 Å². The Hall–Kier alpha value is 0.140. The Balaban J connectivity index is 1.95. The zero-order chi connectivity index (χ0) is 7.68. The first-order valence-electron chi connectivity index (χ1n) is 3.80. The van der Waals surface area contributed by atoms with Crippen molar-refractivity contribution < 1.29 is 0 Å². The largest absolute Gasteiger partial charge is 0.299 e. The number of hydrogen-bond acceptors (Lipinski definition) is 2. The van der Waals surface area contributed by atoms with Crippen molar-refractivity contribution in [3.05, 3.63) is 20.8 Å². The minimum absolute atomic E-state index is 1.14. The number of hydrogen-bond donors (Lipinski definition) is 0. The topological polar surface area (TPSA) is 3.24 Å². The first-order valence-corrected chi connectivity index (χ1v) is 5.47. The standard InChI is InChI=1S/C8H10BrNS/c9-8-4-7(6-11-8)5-10-2-1-3-10/h4,6H,1-3,5H2. The van der Waals surface area contributed by atoms with Crippen molar-refractivity contribution in [3.63, 3.8) is 0 Å². The van der Waals surface area contributed by atoms with E-state index in [4.69, 9.17) is 0 Å². The fourth-order valence-corrected chi connectivity index (χ4v) is 2.43. The van der Waals surface area contributed by atoms with Gasteiger partial charge in [0.2, 0.25) is 0 Å². The second-order valence-electron chi connectivity index (χ2n) is 2.89. The monoisotopic (exact) mass is 231 g/mol. The second-order valence-corrected chi connectivity index (χ2v) is 5.18. The van der Waals surface area contributed by atoms with E-state index in [1.807, 2.05) is 0 Å². The lowest BCUT2D eigenvalue weighted by atomic mass is 10.2. The van der Waals surface area contributed by atoms with Gasteiger partial charge in [-0.2, -0.15) is 0 Å². The summed E-state index contributed by atoms with van der Waals surface area (Å²) in [6.07, 6.45) is 1.38. The van der Waals surface area contributed by atoms with Crippen molar-refractivity contribution >= 4 is 27.3 Å². The zero-order valence-corrected chi connectivity index (χ0v) is 8.62. The fourth-order valence-electron chi connectivity index (χ4n) is 1.23. The van der Waals surface area contributed by atoms with Crippen LogP contribution in [0.5, 0.6) is 0 Å². The summed E-state index contributed by atoms with van der Waals surface area (Å²) >= 11 is 5.23. The van der Waals surface area contributed by atoms with Gasteiger partial charge in [0.05, 0.1) is 3.79 Å². The Morgan fingerprint density at radius 2 is 2.36 bits per heavy atom. The second kappa shape index (κ2) is 3.25. The number of halogens is 1. The van der Waals surface area contributed by atoms with Crippen LogP contribution in [0, 0.1) is 0 Å². The highest BCUT2D eigenvalue weighted by atomic mass is 79.9. The normalized spacial score (nSPS) is 18.3. The summed E-state index contributed by atoms with van der Waals surface area (Å²) in [6.45, 7) is 3.71. The van der Waals surface area contributed by atoms with Gasteiger partial charge in [-0.1, -0.05) is 0 Å². The van der Waals surface area contributed by atoms with Crippen LogP contribution < -0.4 is 0 Å². The Morgan fingerprint density at radius 3 is 2.82 bits per heavy atom. The van der Waals surface area contributed by atoms with Crippen LogP contribution in [0.1, 0.15) is 12.0 Å². The summed E-state index contributed by atoms with van der Waals surface area (Å²) in [6, 6.07) is 2.21. The van der Waals surface area contributed by atoms with Crippen molar-refractivity contribution in [2.24, 2.45) is 0 Å². The Bertz CT molecular complexity index is 242. The molecule has 1 aliphatic heterocycles. The molecular formula is C8H10BrNS. The van der Waals surface area contributed by atoms with Gasteiger partial charge in [-0.15, -0.1) is 11.3 Å². The predicted octanol–water partition coefficient (Wildman–Crippen LogP) is 2.72. The molecule has 1 saturated heterocycles. The van der Waals surface area contributed by atoms with Crippen LogP contribution in [-0.2, 0) is 6.54 Å². The summed E-state index contributed by atoms with van der Waals surface area (Å²) < 4.78 is 1.24. The summed E-state index contributed by atoms with van der Waals surface area (Å²) in [5.41, 5.74) is 1.45. The molecule has 0 spiro atoms. The van der Waals surface area contributed by atoms with Crippen LogP contribution in [-0.4, -0.2) is 18.0 Å². The van der Waals surface area contributed by atoms with E-state index in [0.29, 0.717) is 0 Å². The third-order valence-corrected chi connectivity index (χ3v) is 3.53. The Morgan fingerprint density at radius 1 is 1.55 bits per heavy atom. The van der Waals surface area contributed by atoms with E-state index < -0.39 is 0 Å². The van der Waals surface area contributed by atoms with Gasteiger partial charge in [0, 0.05) is 6.54 Å². The highest BCUT2D eigenvalue weighted by Crippen LogP contribution is 2.22. The summed E-state index contributed by atoms with van der Waals surface area (Å²) in [5.74, 6) is 0.